The molecule has 0 spiro atoms. The second-order valence-electron chi connectivity index (χ2n) is 2.88. The molecule has 0 unspecified atom stereocenters. The van der Waals surface area contributed by atoms with Gasteiger partial charge in [0.05, 0.1) is 6.07 Å². The highest BCUT2D eigenvalue weighted by Crippen LogP contribution is 2.21. The van der Waals surface area contributed by atoms with E-state index in [9.17, 15) is 4.79 Å². The van der Waals surface area contributed by atoms with Gasteiger partial charge in [0.15, 0.2) is 0 Å². The molecule has 0 aliphatic carbocycles. The van der Waals surface area contributed by atoms with Gasteiger partial charge in [-0.15, -0.1) is 0 Å². The van der Waals surface area contributed by atoms with Crippen LogP contribution in [0.25, 0.3) is 0 Å². The second kappa shape index (κ2) is 3.44. The predicted octanol–water partition coefficient (Wildman–Crippen LogP) is 0.610. The normalized spacial score (nSPS) is 11.2. The first kappa shape index (κ1) is 9.52. The third kappa shape index (κ3) is 1.35. The summed E-state index contributed by atoms with van der Waals surface area (Å²) in [5.41, 5.74) is -1.07. The van der Waals surface area contributed by atoms with E-state index in [1.54, 1.807) is 0 Å². The molecule has 1 aromatic rings. The largest absolute Gasteiger partial charge is 0.344 e. The Morgan fingerprint density at radius 2 is 2.31 bits per heavy atom. The van der Waals surface area contributed by atoms with E-state index in [4.69, 9.17) is 5.26 Å². The van der Waals surface area contributed by atoms with E-state index >= 15 is 0 Å². The van der Waals surface area contributed by atoms with Crippen molar-refractivity contribution in [2.45, 2.75) is 32.2 Å². The van der Waals surface area contributed by atoms with Crippen molar-refractivity contribution in [1.29, 1.82) is 5.26 Å². The predicted molar refractivity (Wildman–Crippen MR) is 47.0 cm³/mol. The van der Waals surface area contributed by atoms with E-state index in [0.29, 0.717) is 12.8 Å². The summed E-state index contributed by atoms with van der Waals surface area (Å²) in [6.07, 6.45) is 2.57. The maximum atomic E-state index is 11.2. The van der Waals surface area contributed by atoms with Crippen molar-refractivity contribution in [3.05, 3.63) is 16.8 Å². The maximum absolute atomic E-state index is 11.2. The summed E-state index contributed by atoms with van der Waals surface area (Å²) in [6, 6.07) is 2.16. The summed E-state index contributed by atoms with van der Waals surface area (Å²) in [4.78, 5) is 11.2. The third-order valence-electron chi connectivity index (χ3n) is 2.39. The van der Waals surface area contributed by atoms with Gasteiger partial charge in [-0.2, -0.15) is 10.4 Å². The molecule has 0 atom stereocenters. The Kier molecular flexibility index (Phi) is 2.52. The van der Waals surface area contributed by atoms with Crippen molar-refractivity contribution in [3.63, 3.8) is 0 Å². The van der Waals surface area contributed by atoms with Gasteiger partial charge in [0.1, 0.15) is 11.9 Å². The van der Waals surface area contributed by atoms with Crippen LogP contribution in [0.1, 0.15) is 26.7 Å². The fraction of sp³-hybridized carbons (Fsp3) is 0.625. The van der Waals surface area contributed by atoms with Crippen LogP contribution < -0.4 is 5.69 Å². The number of nitrogens with one attached hydrogen (secondary N) is 1. The van der Waals surface area contributed by atoms with Crippen molar-refractivity contribution in [3.8, 4) is 6.07 Å². The zero-order chi connectivity index (χ0) is 9.90. The lowest BCUT2D eigenvalue weighted by Gasteiger charge is -2.22. The Morgan fingerprint density at radius 1 is 1.69 bits per heavy atom. The average Bonchev–Trinajstić information content (AvgIpc) is 2.57. The number of hydrogen-bond acceptors (Lipinski definition) is 3. The summed E-state index contributed by atoms with van der Waals surface area (Å²) in [6.45, 7) is 3.76. The fourth-order valence-electron chi connectivity index (χ4n) is 1.36. The highest BCUT2D eigenvalue weighted by atomic mass is 16.1. The minimum absolute atomic E-state index is 0.328. The molecule has 1 aromatic heterocycles. The molecule has 5 heteroatoms. The molecule has 0 aliphatic heterocycles. The Bertz CT molecular complexity index is 366. The number of nitriles is 1. The van der Waals surface area contributed by atoms with Crippen LogP contribution in [-0.4, -0.2) is 14.8 Å². The highest BCUT2D eigenvalue weighted by Gasteiger charge is 2.29. The van der Waals surface area contributed by atoms with Crippen molar-refractivity contribution < 1.29 is 0 Å². The molecule has 0 radical (unpaired) electrons. The minimum Gasteiger partial charge on any atom is -0.262 e. The number of rotatable bonds is 3. The van der Waals surface area contributed by atoms with E-state index < -0.39 is 5.54 Å². The van der Waals surface area contributed by atoms with Gasteiger partial charge in [0, 0.05) is 0 Å². The monoisotopic (exact) mass is 180 g/mol. The van der Waals surface area contributed by atoms with Crippen LogP contribution >= 0.6 is 0 Å². The van der Waals surface area contributed by atoms with E-state index in [2.05, 4.69) is 16.3 Å². The quantitative estimate of drug-likeness (QED) is 0.740. The average molecular weight is 180 g/mol. The maximum Gasteiger partial charge on any atom is 0.344 e. The molecule has 5 nitrogen and oxygen atoms in total. The first-order chi connectivity index (χ1) is 6.20. The van der Waals surface area contributed by atoms with Gasteiger partial charge in [-0.1, -0.05) is 13.8 Å². The number of hydrogen-bond donors (Lipinski definition) is 1. The van der Waals surface area contributed by atoms with E-state index in [-0.39, 0.29) is 5.69 Å². The van der Waals surface area contributed by atoms with Gasteiger partial charge in [0.2, 0.25) is 0 Å². The van der Waals surface area contributed by atoms with E-state index in [1.807, 2.05) is 13.8 Å². The molecular weight excluding hydrogens is 168 g/mol. The lowest BCUT2D eigenvalue weighted by molar-refractivity contribution is 0.345. The summed E-state index contributed by atoms with van der Waals surface area (Å²) in [7, 11) is 0. The molecule has 0 amide bonds. The van der Waals surface area contributed by atoms with Crippen LogP contribution in [0, 0.1) is 11.3 Å². The van der Waals surface area contributed by atoms with Crippen LogP contribution in [-0.2, 0) is 5.54 Å². The smallest absolute Gasteiger partial charge is 0.262 e. The Balaban J connectivity index is 3.25. The van der Waals surface area contributed by atoms with Gasteiger partial charge in [-0.25, -0.2) is 9.89 Å². The number of aromatic amines is 1. The highest BCUT2D eigenvalue weighted by molar-refractivity contribution is 5.03. The number of H-pyrrole nitrogens is 1. The van der Waals surface area contributed by atoms with Gasteiger partial charge >= 0.3 is 5.69 Å². The molecule has 1 heterocycles. The molecule has 0 saturated carbocycles. The second-order valence-corrected chi connectivity index (χ2v) is 2.88. The van der Waals surface area contributed by atoms with Crippen molar-refractivity contribution in [2.75, 3.05) is 0 Å². The SMILES string of the molecule is CCC(C#N)(CC)n1cn[nH]c1=O. The van der Waals surface area contributed by atoms with Gasteiger partial charge in [0.25, 0.3) is 0 Å². The zero-order valence-corrected chi connectivity index (χ0v) is 7.74. The molecule has 13 heavy (non-hydrogen) atoms. The molecule has 0 saturated heterocycles. The van der Waals surface area contributed by atoms with Crippen LogP contribution in [0.4, 0.5) is 0 Å². The summed E-state index contributed by atoms with van der Waals surface area (Å²) >= 11 is 0. The lowest BCUT2D eigenvalue weighted by atomic mass is 9.95. The van der Waals surface area contributed by atoms with Crippen molar-refractivity contribution >= 4 is 0 Å². The standard InChI is InChI=1S/C8H12N4O/c1-3-8(4-2,5-9)12-6-10-11-7(12)13/h6H,3-4H2,1-2H3,(H,11,13). The molecule has 0 aromatic carbocycles. The Hall–Kier alpha value is -1.57. The first-order valence-electron chi connectivity index (χ1n) is 4.24. The van der Waals surface area contributed by atoms with E-state index in [0.717, 1.165) is 0 Å². The molecule has 0 aliphatic rings. The van der Waals surface area contributed by atoms with Gasteiger partial charge < -0.3 is 0 Å². The van der Waals surface area contributed by atoms with Crippen LogP contribution in [0.2, 0.25) is 0 Å². The van der Waals surface area contributed by atoms with Crippen LogP contribution in [0.15, 0.2) is 11.1 Å². The Labute approximate surface area is 76.0 Å². The minimum atomic E-state index is -0.746. The van der Waals surface area contributed by atoms with E-state index in [1.165, 1.54) is 10.9 Å². The van der Waals surface area contributed by atoms with Gasteiger partial charge in [-0.05, 0) is 12.8 Å². The molecule has 0 bridgehead atoms. The summed E-state index contributed by atoms with van der Waals surface area (Å²) in [5.74, 6) is 0. The van der Waals surface area contributed by atoms with Gasteiger partial charge in [-0.3, -0.25) is 4.57 Å². The topological polar surface area (TPSA) is 74.5 Å². The molecule has 1 N–H and O–H groups in total. The van der Waals surface area contributed by atoms with Crippen LogP contribution in [0.3, 0.4) is 0 Å². The Morgan fingerprint density at radius 3 is 2.62 bits per heavy atom. The lowest BCUT2D eigenvalue weighted by Crippen LogP contribution is -2.37. The number of aromatic nitrogens is 3. The molecule has 1 rings (SSSR count). The van der Waals surface area contributed by atoms with Crippen LogP contribution in [0.5, 0.6) is 0 Å². The van der Waals surface area contributed by atoms with Crippen molar-refractivity contribution in [1.82, 2.24) is 14.8 Å². The molecule has 70 valence electrons. The number of nitrogens with zero attached hydrogens (tertiary/aromatic N) is 3. The summed E-state index contributed by atoms with van der Waals surface area (Å²) in [5, 5.41) is 14.9. The fourth-order valence-corrected chi connectivity index (χ4v) is 1.36. The zero-order valence-electron chi connectivity index (χ0n) is 7.74. The van der Waals surface area contributed by atoms with Crippen molar-refractivity contribution in [2.24, 2.45) is 0 Å². The molecular formula is C8H12N4O. The third-order valence-corrected chi connectivity index (χ3v) is 2.39. The summed E-state index contributed by atoms with van der Waals surface area (Å²) < 4.78 is 1.35. The first-order valence-corrected chi connectivity index (χ1v) is 4.24. The molecule has 0 fully saturated rings.